The third-order valence-corrected chi connectivity index (χ3v) is 2.39. The molecule has 5 heteroatoms. The molecule has 2 heterocycles. The molecular weight excluding hydrogens is 202 g/mol. The molecule has 5 nitrogen and oxygen atoms in total. The molecule has 2 aromatic rings. The Morgan fingerprint density at radius 3 is 2.88 bits per heavy atom. The summed E-state index contributed by atoms with van der Waals surface area (Å²) in [5, 5.41) is 3.16. The number of nitrogen functional groups attached to an aromatic ring is 1. The Balaban J connectivity index is 2.08. The van der Waals surface area contributed by atoms with Crippen LogP contribution in [-0.4, -0.2) is 14.5 Å². The molecule has 0 saturated carbocycles. The first kappa shape index (κ1) is 10.5. The highest BCUT2D eigenvalue weighted by molar-refractivity contribution is 5.61. The Morgan fingerprint density at radius 2 is 2.25 bits per heavy atom. The number of nitrogens with two attached hydrogens (primary N) is 1. The zero-order valence-corrected chi connectivity index (χ0v) is 9.44. The van der Waals surface area contributed by atoms with Crippen molar-refractivity contribution in [1.82, 2.24) is 14.5 Å². The van der Waals surface area contributed by atoms with Crippen molar-refractivity contribution in [2.45, 2.75) is 13.5 Å². The van der Waals surface area contributed by atoms with Crippen LogP contribution in [-0.2, 0) is 13.6 Å². The van der Waals surface area contributed by atoms with E-state index in [0.717, 1.165) is 11.4 Å². The lowest BCUT2D eigenvalue weighted by Gasteiger charge is -2.08. The van der Waals surface area contributed by atoms with Crippen LogP contribution in [0.2, 0.25) is 0 Å². The lowest BCUT2D eigenvalue weighted by atomic mass is 10.3. The molecule has 0 aliphatic heterocycles. The van der Waals surface area contributed by atoms with E-state index >= 15 is 0 Å². The minimum atomic E-state index is 0.615. The maximum Gasteiger partial charge on any atom is 0.149 e. The minimum Gasteiger partial charge on any atom is -0.396 e. The highest BCUT2D eigenvalue weighted by atomic mass is 15.1. The van der Waals surface area contributed by atoms with Gasteiger partial charge < -0.3 is 15.6 Å². The topological polar surface area (TPSA) is 68.8 Å². The molecule has 0 spiro atoms. The van der Waals surface area contributed by atoms with Crippen molar-refractivity contribution >= 4 is 11.5 Å². The molecule has 0 amide bonds. The minimum absolute atomic E-state index is 0.615. The van der Waals surface area contributed by atoms with Gasteiger partial charge in [0.05, 0.1) is 12.2 Å². The SMILES string of the molecule is Cc1cnc(NCc2nccn2C)c(N)c1. The van der Waals surface area contributed by atoms with Crippen LogP contribution < -0.4 is 11.1 Å². The van der Waals surface area contributed by atoms with Crippen molar-refractivity contribution < 1.29 is 0 Å². The van der Waals surface area contributed by atoms with Crippen molar-refractivity contribution in [3.63, 3.8) is 0 Å². The predicted molar refractivity (Wildman–Crippen MR) is 63.9 cm³/mol. The van der Waals surface area contributed by atoms with Gasteiger partial charge in [0, 0.05) is 25.6 Å². The molecule has 0 aromatic carbocycles. The first-order valence-corrected chi connectivity index (χ1v) is 5.09. The number of pyridine rings is 1. The average Bonchev–Trinajstić information content (AvgIpc) is 2.63. The number of hydrogen-bond donors (Lipinski definition) is 2. The summed E-state index contributed by atoms with van der Waals surface area (Å²) in [5.74, 6) is 1.65. The van der Waals surface area contributed by atoms with Gasteiger partial charge in [-0.15, -0.1) is 0 Å². The molecular formula is C11H15N5. The lowest BCUT2D eigenvalue weighted by molar-refractivity contribution is 0.811. The van der Waals surface area contributed by atoms with Crippen molar-refractivity contribution in [2.75, 3.05) is 11.1 Å². The number of rotatable bonds is 3. The summed E-state index contributed by atoms with van der Waals surface area (Å²) in [6.07, 6.45) is 5.46. The molecule has 0 bridgehead atoms. The van der Waals surface area contributed by atoms with E-state index in [1.54, 1.807) is 12.4 Å². The summed E-state index contributed by atoms with van der Waals surface area (Å²) < 4.78 is 1.96. The third-order valence-electron chi connectivity index (χ3n) is 2.39. The molecule has 3 N–H and O–H groups in total. The van der Waals surface area contributed by atoms with Gasteiger partial charge in [-0.1, -0.05) is 0 Å². The first-order chi connectivity index (χ1) is 7.66. The Kier molecular flexibility index (Phi) is 2.76. The average molecular weight is 217 g/mol. The summed E-state index contributed by atoms with van der Waals surface area (Å²) in [7, 11) is 1.95. The van der Waals surface area contributed by atoms with Crippen molar-refractivity contribution in [1.29, 1.82) is 0 Å². The molecule has 0 unspecified atom stereocenters. The second kappa shape index (κ2) is 4.22. The van der Waals surface area contributed by atoms with Crippen molar-refractivity contribution in [2.24, 2.45) is 7.05 Å². The van der Waals surface area contributed by atoms with Gasteiger partial charge in [-0.25, -0.2) is 9.97 Å². The van der Waals surface area contributed by atoms with Gasteiger partial charge in [0.15, 0.2) is 0 Å². The smallest absolute Gasteiger partial charge is 0.149 e. The van der Waals surface area contributed by atoms with Crippen LogP contribution in [0.3, 0.4) is 0 Å². The predicted octanol–water partition coefficient (Wildman–Crippen LogP) is 1.32. The van der Waals surface area contributed by atoms with E-state index in [1.165, 1.54) is 0 Å². The van der Waals surface area contributed by atoms with Crippen LogP contribution in [0, 0.1) is 6.92 Å². The number of aryl methyl sites for hydroxylation is 2. The summed E-state index contributed by atoms with van der Waals surface area (Å²) in [4.78, 5) is 8.44. The molecule has 0 aliphatic carbocycles. The molecule has 84 valence electrons. The molecule has 0 radical (unpaired) electrons. The van der Waals surface area contributed by atoms with Crippen LogP contribution in [0.5, 0.6) is 0 Å². The molecule has 0 saturated heterocycles. The van der Waals surface area contributed by atoms with Crippen LogP contribution in [0.1, 0.15) is 11.4 Å². The molecule has 2 aromatic heterocycles. The van der Waals surface area contributed by atoms with E-state index in [0.29, 0.717) is 18.1 Å². The number of nitrogens with one attached hydrogen (secondary N) is 1. The number of aromatic nitrogens is 3. The van der Waals surface area contributed by atoms with E-state index in [9.17, 15) is 0 Å². The highest BCUT2D eigenvalue weighted by Gasteiger charge is 2.02. The molecule has 16 heavy (non-hydrogen) atoms. The summed E-state index contributed by atoms with van der Waals surface area (Å²) in [6, 6.07) is 1.90. The van der Waals surface area contributed by atoms with Gasteiger partial charge in [0.2, 0.25) is 0 Å². The largest absolute Gasteiger partial charge is 0.396 e. The number of anilines is 2. The van der Waals surface area contributed by atoms with E-state index in [2.05, 4.69) is 15.3 Å². The fourth-order valence-corrected chi connectivity index (χ4v) is 1.47. The standard InChI is InChI=1S/C11H15N5/c1-8-5-9(12)11(14-6-8)15-7-10-13-3-4-16(10)2/h3-6H,7,12H2,1-2H3,(H,14,15). The van der Waals surface area contributed by atoms with Crippen LogP contribution >= 0.6 is 0 Å². The normalized spacial score (nSPS) is 10.4. The van der Waals surface area contributed by atoms with Crippen LogP contribution in [0.15, 0.2) is 24.7 Å². The number of imidazole rings is 1. The molecule has 2 rings (SSSR count). The third kappa shape index (κ3) is 2.13. The zero-order valence-electron chi connectivity index (χ0n) is 9.44. The Labute approximate surface area is 94.3 Å². The van der Waals surface area contributed by atoms with E-state index in [-0.39, 0.29) is 0 Å². The Morgan fingerprint density at radius 1 is 1.44 bits per heavy atom. The van der Waals surface area contributed by atoms with E-state index in [4.69, 9.17) is 5.73 Å². The first-order valence-electron chi connectivity index (χ1n) is 5.09. The van der Waals surface area contributed by atoms with Gasteiger partial charge in [-0.2, -0.15) is 0 Å². The fraction of sp³-hybridized carbons (Fsp3) is 0.273. The monoisotopic (exact) mass is 217 g/mol. The van der Waals surface area contributed by atoms with Crippen molar-refractivity contribution in [3.05, 3.63) is 36.0 Å². The Bertz CT molecular complexity index is 489. The fourth-order valence-electron chi connectivity index (χ4n) is 1.47. The van der Waals surface area contributed by atoms with E-state index in [1.807, 2.05) is 30.8 Å². The zero-order chi connectivity index (χ0) is 11.5. The maximum atomic E-state index is 5.85. The van der Waals surface area contributed by atoms with Gasteiger partial charge in [0.25, 0.3) is 0 Å². The number of nitrogens with zero attached hydrogens (tertiary/aromatic N) is 3. The highest BCUT2D eigenvalue weighted by Crippen LogP contribution is 2.16. The van der Waals surface area contributed by atoms with Crippen LogP contribution in [0.25, 0.3) is 0 Å². The van der Waals surface area contributed by atoms with E-state index < -0.39 is 0 Å². The van der Waals surface area contributed by atoms with Gasteiger partial charge in [-0.05, 0) is 18.6 Å². The lowest BCUT2D eigenvalue weighted by Crippen LogP contribution is -2.08. The molecule has 0 aliphatic rings. The summed E-state index contributed by atoms with van der Waals surface area (Å²) in [6.45, 7) is 2.58. The molecule has 0 atom stereocenters. The number of hydrogen-bond acceptors (Lipinski definition) is 4. The van der Waals surface area contributed by atoms with Crippen molar-refractivity contribution in [3.8, 4) is 0 Å². The quantitative estimate of drug-likeness (QED) is 0.813. The second-order valence-electron chi connectivity index (χ2n) is 3.76. The molecule has 0 fully saturated rings. The summed E-state index contributed by atoms with van der Waals surface area (Å²) >= 11 is 0. The second-order valence-corrected chi connectivity index (χ2v) is 3.76. The van der Waals surface area contributed by atoms with Gasteiger partial charge >= 0.3 is 0 Å². The van der Waals surface area contributed by atoms with Gasteiger partial charge in [0.1, 0.15) is 11.6 Å². The van der Waals surface area contributed by atoms with Gasteiger partial charge in [-0.3, -0.25) is 0 Å². The Hall–Kier alpha value is -2.04. The summed E-state index contributed by atoms with van der Waals surface area (Å²) in [5.41, 5.74) is 7.56. The maximum absolute atomic E-state index is 5.85. The van der Waals surface area contributed by atoms with Crippen LogP contribution in [0.4, 0.5) is 11.5 Å².